The number of carboxylic acids is 1. The first-order chi connectivity index (χ1) is 9.94. The Hall–Kier alpha value is -1.26. The molecule has 1 aliphatic rings. The number of rotatable bonds is 6. The van der Waals surface area contributed by atoms with Gasteiger partial charge in [-0.2, -0.15) is 0 Å². The summed E-state index contributed by atoms with van der Waals surface area (Å²) < 4.78 is 0. The van der Waals surface area contributed by atoms with Gasteiger partial charge in [0.05, 0.1) is 0 Å². The number of piperidine rings is 1. The minimum absolute atomic E-state index is 0.0749. The smallest absolute Gasteiger partial charge is 0.326 e. The number of carbonyl (C=O) groups excluding carboxylic acids is 1. The Balaban J connectivity index is 2.69. The van der Waals surface area contributed by atoms with E-state index in [9.17, 15) is 14.7 Å². The lowest BCUT2D eigenvalue weighted by atomic mass is 9.89. The largest absolute Gasteiger partial charge is 0.480 e. The number of carbonyl (C=O) groups is 2. The lowest BCUT2D eigenvalue weighted by molar-refractivity contribution is -0.144. The third-order valence-corrected chi connectivity index (χ3v) is 4.94. The second-order valence-corrected chi connectivity index (χ2v) is 6.16. The van der Waals surface area contributed by atoms with Crippen molar-refractivity contribution < 1.29 is 14.7 Å². The Bertz CT molecular complexity index is 355. The predicted octanol–water partition coefficient (Wildman–Crippen LogP) is 3.10. The average Bonchev–Trinajstić information content (AvgIpc) is 2.47. The van der Waals surface area contributed by atoms with Gasteiger partial charge in [-0.3, -0.25) is 0 Å². The molecule has 0 spiro atoms. The molecule has 21 heavy (non-hydrogen) atoms. The van der Waals surface area contributed by atoms with Crippen LogP contribution >= 0.6 is 0 Å². The Kier molecular flexibility index (Phi) is 6.99. The standard InChI is InChI=1S/C16H30N2O3/c1-5-12-8-9-18(14(10-12)15(19)20)16(21)17-11(4)13(6-2)7-3/h11-14H,5-10H2,1-4H3,(H,17,21)(H,19,20). The predicted molar refractivity (Wildman–Crippen MR) is 83.2 cm³/mol. The maximum absolute atomic E-state index is 12.4. The van der Waals surface area contributed by atoms with Crippen LogP contribution in [-0.4, -0.2) is 40.6 Å². The van der Waals surface area contributed by atoms with Gasteiger partial charge in [0.2, 0.25) is 0 Å². The van der Waals surface area contributed by atoms with Crippen LogP contribution in [0.1, 0.15) is 59.8 Å². The van der Waals surface area contributed by atoms with Crippen molar-refractivity contribution in [1.82, 2.24) is 10.2 Å². The van der Waals surface area contributed by atoms with E-state index < -0.39 is 12.0 Å². The minimum atomic E-state index is -0.890. The van der Waals surface area contributed by atoms with E-state index in [4.69, 9.17) is 0 Å². The van der Waals surface area contributed by atoms with Crippen molar-refractivity contribution in [3.63, 3.8) is 0 Å². The number of hydrogen-bond acceptors (Lipinski definition) is 2. The number of hydrogen-bond donors (Lipinski definition) is 2. The first-order valence-corrected chi connectivity index (χ1v) is 8.24. The molecular weight excluding hydrogens is 268 g/mol. The second-order valence-electron chi connectivity index (χ2n) is 6.16. The van der Waals surface area contributed by atoms with Crippen molar-refractivity contribution in [2.24, 2.45) is 11.8 Å². The molecule has 5 nitrogen and oxygen atoms in total. The Morgan fingerprint density at radius 3 is 2.38 bits per heavy atom. The molecular formula is C16H30N2O3. The number of amides is 2. The zero-order chi connectivity index (χ0) is 16.0. The second kappa shape index (κ2) is 8.25. The van der Waals surface area contributed by atoms with Crippen molar-refractivity contribution in [3.8, 4) is 0 Å². The van der Waals surface area contributed by atoms with Gasteiger partial charge in [0.15, 0.2) is 0 Å². The Labute approximate surface area is 128 Å². The average molecular weight is 298 g/mol. The van der Waals surface area contributed by atoms with E-state index in [1.807, 2.05) is 6.92 Å². The van der Waals surface area contributed by atoms with Gasteiger partial charge >= 0.3 is 12.0 Å². The molecule has 0 bridgehead atoms. The number of likely N-dealkylation sites (tertiary alicyclic amines) is 1. The highest BCUT2D eigenvalue weighted by molar-refractivity contribution is 5.83. The highest BCUT2D eigenvalue weighted by Crippen LogP contribution is 2.26. The molecule has 3 unspecified atom stereocenters. The van der Waals surface area contributed by atoms with E-state index in [-0.39, 0.29) is 12.1 Å². The maximum Gasteiger partial charge on any atom is 0.326 e. The summed E-state index contributed by atoms with van der Waals surface area (Å²) in [5, 5.41) is 12.4. The lowest BCUT2D eigenvalue weighted by Gasteiger charge is -2.38. The third kappa shape index (κ3) is 4.61. The van der Waals surface area contributed by atoms with Gasteiger partial charge in [0.1, 0.15) is 6.04 Å². The van der Waals surface area contributed by atoms with Gasteiger partial charge in [-0.05, 0) is 31.6 Å². The molecule has 0 aliphatic carbocycles. The molecule has 0 aromatic heterocycles. The lowest BCUT2D eigenvalue weighted by Crippen LogP contribution is -2.55. The number of nitrogens with one attached hydrogen (secondary N) is 1. The molecule has 1 aliphatic heterocycles. The van der Waals surface area contributed by atoms with Crippen molar-refractivity contribution in [3.05, 3.63) is 0 Å². The van der Waals surface area contributed by atoms with Crippen LogP contribution in [0.15, 0.2) is 0 Å². The summed E-state index contributed by atoms with van der Waals surface area (Å²) in [6, 6.07) is -0.834. The quantitative estimate of drug-likeness (QED) is 0.791. The third-order valence-electron chi connectivity index (χ3n) is 4.94. The van der Waals surface area contributed by atoms with Crippen molar-refractivity contribution in [2.45, 2.75) is 71.9 Å². The molecule has 1 heterocycles. The summed E-state index contributed by atoms with van der Waals surface area (Å²) in [6.45, 7) is 8.85. The van der Waals surface area contributed by atoms with Crippen LogP contribution in [0.4, 0.5) is 4.79 Å². The summed E-state index contributed by atoms with van der Waals surface area (Å²) in [6.07, 6.45) is 4.46. The van der Waals surface area contributed by atoms with Gasteiger partial charge < -0.3 is 15.3 Å². The van der Waals surface area contributed by atoms with Crippen molar-refractivity contribution in [1.29, 1.82) is 0 Å². The van der Waals surface area contributed by atoms with Crippen LogP contribution in [0, 0.1) is 11.8 Å². The fourth-order valence-electron chi connectivity index (χ4n) is 3.28. The van der Waals surface area contributed by atoms with Gasteiger partial charge in [-0.15, -0.1) is 0 Å². The SMILES string of the molecule is CCC1CCN(C(=O)NC(C)C(CC)CC)C(C(=O)O)C1. The Morgan fingerprint density at radius 2 is 1.90 bits per heavy atom. The fraction of sp³-hybridized carbons (Fsp3) is 0.875. The monoisotopic (exact) mass is 298 g/mol. The molecule has 1 rings (SSSR count). The van der Waals surface area contributed by atoms with Gasteiger partial charge in [0, 0.05) is 12.6 Å². The molecule has 0 radical (unpaired) electrons. The van der Waals surface area contributed by atoms with E-state index >= 15 is 0 Å². The normalized spacial score (nSPS) is 24.0. The number of nitrogens with zero attached hydrogens (tertiary/aromatic N) is 1. The molecule has 0 aromatic carbocycles. The molecule has 3 atom stereocenters. The van der Waals surface area contributed by atoms with Crippen LogP contribution in [0.25, 0.3) is 0 Å². The van der Waals surface area contributed by atoms with E-state index in [0.717, 1.165) is 25.7 Å². The molecule has 2 amide bonds. The molecule has 5 heteroatoms. The highest BCUT2D eigenvalue weighted by atomic mass is 16.4. The maximum atomic E-state index is 12.4. The molecule has 1 fully saturated rings. The van der Waals surface area contributed by atoms with Crippen LogP contribution < -0.4 is 5.32 Å². The number of aliphatic carboxylic acids is 1. The van der Waals surface area contributed by atoms with Crippen molar-refractivity contribution >= 4 is 12.0 Å². The van der Waals surface area contributed by atoms with Gasteiger partial charge in [0.25, 0.3) is 0 Å². The van der Waals surface area contributed by atoms with E-state index in [0.29, 0.717) is 24.8 Å². The fourth-order valence-corrected chi connectivity index (χ4v) is 3.28. The first kappa shape index (κ1) is 17.8. The number of urea groups is 1. The number of carboxylic acid groups (broad SMARTS) is 1. The molecule has 122 valence electrons. The summed E-state index contributed by atoms with van der Waals surface area (Å²) >= 11 is 0. The van der Waals surface area contributed by atoms with Gasteiger partial charge in [-0.1, -0.05) is 40.0 Å². The van der Waals surface area contributed by atoms with Crippen LogP contribution in [0.3, 0.4) is 0 Å². The van der Waals surface area contributed by atoms with E-state index in [2.05, 4.69) is 26.1 Å². The molecule has 2 N–H and O–H groups in total. The summed E-state index contributed by atoms with van der Waals surface area (Å²) in [5.74, 6) is -0.0458. The van der Waals surface area contributed by atoms with Crippen LogP contribution in [0.2, 0.25) is 0 Å². The van der Waals surface area contributed by atoms with Crippen LogP contribution in [0.5, 0.6) is 0 Å². The molecule has 0 saturated carbocycles. The molecule has 1 saturated heterocycles. The topological polar surface area (TPSA) is 69.6 Å². The van der Waals surface area contributed by atoms with E-state index in [1.165, 1.54) is 4.90 Å². The summed E-state index contributed by atoms with van der Waals surface area (Å²) in [5.41, 5.74) is 0. The van der Waals surface area contributed by atoms with Crippen molar-refractivity contribution in [2.75, 3.05) is 6.54 Å². The van der Waals surface area contributed by atoms with Crippen LogP contribution in [-0.2, 0) is 4.79 Å². The zero-order valence-electron chi connectivity index (χ0n) is 13.8. The molecule has 0 aromatic rings. The Morgan fingerprint density at radius 1 is 1.29 bits per heavy atom. The summed E-state index contributed by atoms with van der Waals surface area (Å²) in [7, 11) is 0. The zero-order valence-corrected chi connectivity index (χ0v) is 13.8. The van der Waals surface area contributed by atoms with Gasteiger partial charge in [-0.25, -0.2) is 9.59 Å². The first-order valence-electron chi connectivity index (χ1n) is 8.24. The highest BCUT2D eigenvalue weighted by Gasteiger charge is 2.36. The van der Waals surface area contributed by atoms with E-state index in [1.54, 1.807) is 0 Å². The summed E-state index contributed by atoms with van der Waals surface area (Å²) in [4.78, 5) is 25.4. The minimum Gasteiger partial charge on any atom is -0.480 e.